The number of nitrogens with zero attached hydrogens (tertiary/aromatic N) is 5. The van der Waals surface area contributed by atoms with E-state index in [1.54, 1.807) is 11.3 Å². The highest BCUT2D eigenvalue weighted by Gasteiger charge is 2.13. The number of aromatic nitrogens is 5. The predicted octanol–water partition coefficient (Wildman–Crippen LogP) is 1.74. The first-order valence-corrected chi connectivity index (χ1v) is 7.58. The van der Waals surface area contributed by atoms with E-state index in [9.17, 15) is 0 Å². The second-order valence-corrected chi connectivity index (χ2v) is 5.26. The Morgan fingerprint density at radius 3 is 2.68 bits per heavy atom. The summed E-state index contributed by atoms with van der Waals surface area (Å²) in [4.78, 5) is 4.48. The fraction of sp³-hybridized carbons (Fsp3) is 0.667. The molecule has 0 aliphatic heterocycles. The van der Waals surface area contributed by atoms with Crippen LogP contribution >= 0.6 is 11.3 Å². The van der Waals surface area contributed by atoms with Crippen molar-refractivity contribution in [3.8, 4) is 5.13 Å². The lowest BCUT2D eigenvalue weighted by Gasteiger charge is -1.98. The van der Waals surface area contributed by atoms with E-state index < -0.39 is 0 Å². The Kier molecular flexibility index (Phi) is 4.98. The maximum Gasteiger partial charge on any atom is 0.234 e. The largest absolute Gasteiger partial charge is 0.310 e. The summed E-state index contributed by atoms with van der Waals surface area (Å²) in [5, 5.41) is 18.0. The quantitative estimate of drug-likeness (QED) is 0.782. The summed E-state index contributed by atoms with van der Waals surface area (Å²) in [6.07, 6.45) is 2.80. The molecule has 0 amide bonds. The van der Waals surface area contributed by atoms with E-state index in [0.29, 0.717) is 0 Å². The minimum absolute atomic E-state index is 0.766. The van der Waals surface area contributed by atoms with Gasteiger partial charge in [-0.05, 0) is 13.0 Å². The van der Waals surface area contributed by atoms with Crippen molar-refractivity contribution in [1.82, 2.24) is 30.3 Å². The molecule has 0 fully saturated rings. The van der Waals surface area contributed by atoms with E-state index in [1.807, 2.05) is 4.68 Å². The van der Waals surface area contributed by atoms with E-state index in [-0.39, 0.29) is 0 Å². The van der Waals surface area contributed by atoms with E-state index in [0.717, 1.165) is 54.1 Å². The molecule has 19 heavy (non-hydrogen) atoms. The van der Waals surface area contributed by atoms with Gasteiger partial charge in [0, 0.05) is 19.4 Å². The molecule has 7 heteroatoms. The van der Waals surface area contributed by atoms with Gasteiger partial charge in [-0.1, -0.05) is 32.1 Å². The van der Waals surface area contributed by atoms with Gasteiger partial charge in [-0.25, -0.2) is 4.98 Å². The molecule has 0 atom stereocenters. The second-order valence-electron chi connectivity index (χ2n) is 4.22. The summed E-state index contributed by atoms with van der Waals surface area (Å²) < 4.78 is 1.82. The zero-order chi connectivity index (χ0) is 13.7. The molecule has 0 aliphatic rings. The first-order chi connectivity index (χ1) is 9.28. The molecule has 0 aliphatic carbocycles. The Morgan fingerprint density at radius 2 is 2.00 bits per heavy atom. The van der Waals surface area contributed by atoms with Gasteiger partial charge in [0.15, 0.2) is 5.82 Å². The predicted molar refractivity (Wildman–Crippen MR) is 75.6 cm³/mol. The molecule has 0 unspecified atom stereocenters. The third-order valence-corrected chi connectivity index (χ3v) is 3.59. The van der Waals surface area contributed by atoms with Crippen LogP contribution in [0.4, 0.5) is 0 Å². The number of aryl methyl sites for hydroxylation is 2. The lowest BCUT2D eigenvalue weighted by molar-refractivity contribution is 0.667. The van der Waals surface area contributed by atoms with Gasteiger partial charge in [-0.15, -0.1) is 15.3 Å². The summed E-state index contributed by atoms with van der Waals surface area (Å²) in [6.45, 7) is 8.04. The topological polar surface area (TPSA) is 68.5 Å². The summed E-state index contributed by atoms with van der Waals surface area (Å²) in [7, 11) is 0. The van der Waals surface area contributed by atoms with Gasteiger partial charge in [-0.2, -0.15) is 4.68 Å². The van der Waals surface area contributed by atoms with E-state index in [1.165, 1.54) is 0 Å². The summed E-state index contributed by atoms with van der Waals surface area (Å²) in [6, 6.07) is 0. The first kappa shape index (κ1) is 14.1. The van der Waals surface area contributed by atoms with Crippen molar-refractivity contribution < 1.29 is 0 Å². The van der Waals surface area contributed by atoms with Crippen molar-refractivity contribution >= 4 is 11.3 Å². The van der Waals surface area contributed by atoms with Gasteiger partial charge < -0.3 is 5.32 Å². The SMILES string of the molecule is CCCNCc1nnc(-n2nc(CC)nc2CC)s1. The lowest BCUT2D eigenvalue weighted by atomic mass is 10.4. The Morgan fingerprint density at radius 1 is 1.16 bits per heavy atom. The minimum Gasteiger partial charge on any atom is -0.310 e. The van der Waals surface area contributed by atoms with Crippen LogP contribution in [0.25, 0.3) is 5.13 Å². The van der Waals surface area contributed by atoms with Crippen LogP contribution in [0.5, 0.6) is 0 Å². The molecule has 0 spiro atoms. The zero-order valence-corrected chi connectivity index (χ0v) is 12.5. The number of hydrogen-bond donors (Lipinski definition) is 1. The van der Waals surface area contributed by atoms with Gasteiger partial charge in [0.1, 0.15) is 10.8 Å². The molecule has 2 rings (SSSR count). The van der Waals surface area contributed by atoms with Crippen LogP contribution in [-0.2, 0) is 19.4 Å². The minimum atomic E-state index is 0.766. The van der Waals surface area contributed by atoms with Crippen LogP contribution in [0.1, 0.15) is 43.8 Å². The summed E-state index contributed by atoms with van der Waals surface area (Å²) in [5.41, 5.74) is 0. The third-order valence-electron chi connectivity index (χ3n) is 2.69. The zero-order valence-electron chi connectivity index (χ0n) is 11.7. The molecule has 0 bridgehead atoms. The standard InChI is InChI=1S/C12H20N6S/c1-4-7-13-8-11-15-16-12(19-11)18-10(6-3)14-9(5-2)17-18/h13H,4-8H2,1-3H3. The molecule has 104 valence electrons. The van der Waals surface area contributed by atoms with E-state index >= 15 is 0 Å². The lowest BCUT2D eigenvalue weighted by Crippen LogP contribution is -2.13. The Bertz CT molecular complexity index is 518. The third kappa shape index (κ3) is 3.36. The molecule has 0 radical (unpaired) electrons. The normalized spacial score (nSPS) is 11.1. The highest BCUT2D eigenvalue weighted by atomic mass is 32.1. The van der Waals surface area contributed by atoms with Crippen LogP contribution in [0.2, 0.25) is 0 Å². The number of hydrogen-bond acceptors (Lipinski definition) is 6. The van der Waals surface area contributed by atoms with E-state index in [4.69, 9.17) is 0 Å². The first-order valence-electron chi connectivity index (χ1n) is 6.76. The van der Waals surface area contributed by atoms with Crippen molar-refractivity contribution in [2.45, 2.75) is 46.6 Å². The fourth-order valence-corrected chi connectivity index (χ4v) is 2.48. The van der Waals surface area contributed by atoms with Crippen molar-refractivity contribution in [2.75, 3.05) is 6.54 Å². The molecule has 2 aromatic heterocycles. The summed E-state index contributed by atoms with van der Waals surface area (Å²) >= 11 is 1.57. The molecule has 0 saturated heterocycles. The monoisotopic (exact) mass is 280 g/mol. The van der Waals surface area contributed by atoms with Crippen LogP contribution in [0.15, 0.2) is 0 Å². The molecule has 2 aromatic rings. The van der Waals surface area contributed by atoms with Crippen molar-refractivity contribution in [2.24, 2.45) is 0 Å². The van der Waals surface area contributed by atoms with Crippen LogP contribution in [-0.4, -0.2) is 31.5 Å². The number of rotatable bonds is 7. The van der Waals surface area contributed by atoms with Gasteiger partial charge >= 0.3 is 0 Å². The second kappa shape index (κ2) is 6.72. The van der Waals surface area contributed by atoms with Crippen molar-refractivity contribution in [3.63, 3.8) is 0 Å². The van der Waals surface area contributed by atoms with Crippen LogP contribution < -0.4 is 5.32 Å². The van der Waals surface area contributed by atoms with Crippen LogP contribution in [0.3, 0.4) is 0 Å². The van der Waals surface area contributed by atoms with Gasteiger partial charge in [0.2, 0.25) is 5.13 Å². The Balaban J connectivity index is 2.15. The number of nitrogens with one attached hydrogen (secondary N) is 1. The Labute approximate surface area is 117 Å². The summed E-state index contributed by atoms with van der Waals surface area (Å²) in [5.74, 6) is 1.80. The fourth-order valence-electron chi connectivity index (χ4n) is 1.70. The molecular formula is C12H20N6S. The average Bonchev–Trinajstić information content (AvgIpc) is 3.04. The van der Waals surface area contributed by atoms with Crippen molar-refractivity contribution in [3.05, 3.63) is 16.7 Å². The van der Waals surface area contributed by atoms with Gasteiger partial charge in [0.25, 0.3) is 0 Å². The highest BCUT2D eigenvalue weighted by Crippen LogP contribution is 2.16. The molecule has 2 heterocycles. The maximum absolute atomic E-state index is 4.48. The molecule has 1 N–H and O–H groups in total. The van der Waals surface area contributed by atoms with E-state index in [2.05, 4.69) is 46.4 Å². The molecule has 0 aromatic carbocycles. The van der Waals surface area contributed by atoms with Crippen molar-refractivity contribution in [1.29, 1.82) is 0 Å². The molecule has 6 nitrogen and oxygen atoms in total. The highest BCUT2D eigenvalue weighted by molar-refractivity contribution is 7.13. The average molecular weight is 280 g/mol. The molecular weight excluding hydrogens is 260 g/mol. The molecule has 0 saturated carbocycles. The smallest absolute Gasteiger partial charge is 0.234 e. The van der Waals surface area contributed by atoms with Crippen LogP contribution in [0, 0.1) is 0 Å². The Hall–Kier alpha value is -1.34. The van der Waals surface area contributed by atoms with Gasteiger partial charge in [0.05, 0.1) is 0 Å². The maximum atomic E-state index is 4.48. The van der Waals surface area contributed by atoms with Gasteiger partial charge in [-0.3, -0.25) is 0 Å².